The van der Waals surface area contributed by atoms with Crippen molar-refractivity contribution in [2.75, 3.05) is 0 Å². The van der Waals surface area contributed by atoms with Gasteiger partial charge in [0, 0.05) is 5.41 Å². The average Bonchev–Trinajstić information content (AvgIpc) is 2.55. The summed E-state index contributed by atoms with van der Waals surface area (Å²) in [5.41, 5.74) is 2.16. The summed E-state index contributed by atoms with van der Waals surface area (Å²) in [5.74, 6) is -0.121. The van der Waals surface area contributed by atoms with Crippen molar-refractivity contribution in [1.82, 2.24) is 0 Å². The predicted molar refractivity (Wildman–Crippen MR) is 61.5 cm³/mol. The molecular weight excluding hydrogens is 196 g/mol. The number of rotatable bonds is 1. The lowest BCUT2D eigenvalue weighted by Gasteiger charge is -2.26. The fourth-order valence-corrected chi connectivity index (χ4v) is 2.89. The van der Waals surface area contributed by atoms with Gasteiger partial charge in [-0.25, -0.2) is 0 Å². The van der Waals surface area contributed by atoms with E-state index in [1.165, 1.54) is 11.1 Å². The molecule has 0 heterocycles. The number of nitrogens with zero attached hydrogens (tertiary/aromatic N) is 2. The smallest absolute Gasteiger partial charge is 0.142 e. The maximum absolute atomic E-state index is 9.09. The summed E-state index contributed by atoms with van der Waals surface area (Å²) in [7, 11) is 0. The van der Waals surface area contributed by atoms with Crippen LogP contribution in [0.1, 0.15) is 37.3 Å². The first kappa shape index (κ1) is 10.7. The van der Waals surface area contributed by atoms with E-state index in [0.29, 0.717) is 5.92 Å². The Hall–Kier alpha value is -1.80. The van der Waals surface area contributed by atoms with Crippen molar-refractivity contribution < 1.29 is 0 Å². The van der Waals surface area contributed by atoms with E-state index in [4.69, 9.17) is 10.5 Å². The van der Waals surface area contributed by atoms with Gasteiger partial charge in [0.15, 0.2) is 0 Å². The normalized spacial score (nSPS) is 27.2. The Labute approximate surface area is 96.1 Å². The van der Waals surface area contributed by atoms with Crippen molar-refractivity contribution in [1.29, 1.82) is 10.5 Å². The standard InChI is InChI=1S/C14H14N2/c1-10-7-14(2,11(8-15)9-16)13-6-4-3-5-12(10)13/h3-6,10-11H,7H2,1-2H3. The lowest BCUT2D eigenvalue weighted by molar-refractivity contribution is 0.394. The van der Waals surface area contributed by atoms with E-state index in [0.717, 1.165) is 6.42 Å². The van der Waals surface area contributed by atoms with Crippen LogP contribution in [0.15, 0.2) is 24.3 Å². The number of fused-ring (bicyclic) bond motifs is 1. The van der Waals surface area contributed by atoms with Crippen LogP contribution in [0.25, 0.3) is 0 Å². The number of hydrogen-bond donors (Lipinski definition) is 0. The molecule has 80 valence electrons. The van der Waals surface area contributed by atoms with Crippen molar-refractivity contribution in [2.45, 2.75) is 31.6 Å². The van der Waals surface area contributed by atoms with E-state index in [1.54, 1.807) is 0 Å². The average molecular weight is 210 g/mol. The lowest BCUT2D eigenvalue weighted by Crippen LogP contribution is -2.27. The van der Waals surface area contributed by atoms with Crippen LogP contribution in [-0.4, -0.2) is 0 Å². The van der Waals surface area contributed by atoms with Crippen LogP contribution < -0.4 is 0 Å². The van der Waals surface area contributed by atoms with Crippen molar-refractivity contribution in [3.05, 3.63) is 35.4 Å². The topological polar surface area (TPSA) is 47.6 Å². The summed E-state index contributed by atoms with van der Waals surface area (Å²) in [6.07, 6.45) is 0.887. The summed E-state index contributed by atoms with van der Waals surface area (Å²) < 4.78 is 0. The number of hydrogen-bond acceptors (Lipinski definition) is 2. The molecule has 0 aliphatic heterocycles. The summed E-state index contributed by atoms with van der Waals surface area (Å²) in [4.78, 5) is 0. The second kappa shape index (κ2) is 3.65. The van der Waals surface area contributed by atoms with E-state index in [2.05, 4.69) is 31.2 Å². The Balaban J connectivity index is 2.56. The molecule has 0 radical (unpaired) electrons. The highest BCUT2D eigenvalue weighted by Crippen LogP contribution is 2.49. The van der Waals surface area contributed by atoms with Crippen LogP contribution in [0.2, 0.25) is 0 Å². The summed E-state index contributed by atoms with van der Waals surface area (Å²) in [6, 6.07) is 12.4. The van der Waals surface area contributed by atoms with Crippen LogP contribution in [0.5, 0.6) is 0 Å². The first-order valence-corrected chi connectivity index (χ1v) is 5.52. The number of benzene rings is 1. The monoisotopic (exact) mass is 210 g/mol. The van der Waals surface area contributed by atoms with E-state index < -0.39 is 5.92 Å². The highest BCUT2D eigenvalue weighted by Gasteiger charge is 2.44. The molecule has 1 aliphatic rings. The molecule has 2 rings (SSSR count). The van der Waals surface area contributed by atoms with Gasteiger partial charge in [0.2, 0.25) is 0 Å². The summed E-state index contributed by atoms with van der Waals surface area (Å²) in [5, 5.41) is 18.2. The van der Waals surface area contributed by atoms with Crippen molar-refractivity contribution in [2.24, 2.45) is 5.92 Å². The van der Waals surface area contributed by atoms with Gasteiger partial charge in [-0.2, -0.15) is 10.5 Å². The Kier molecular flexibility index (Phi) is 2.44. The van der Waals surface area contributed by atoms with Crippen LogP contribution in [0.3, 0.4) is 0 Å². The molecule has 0 amide bonds. The van der Waals surface area contributed by atoms with E-state index in [1.807, 2.05) is 19.1 Å². The third-order valence-electron chi connectivity index (χ3n) is 3.73. The fraction of sp³-hybridized carbons (Fsp3) is 0.429. The van der Waals surface area contributed by atoms with E-state index in [9.17, 15) is 0 Å². The first-order valence-electron chi connectivity index (χ1n) is 5.52. The second-order valence-corrected chi connectivity index (χ2v) is 4.80. The second-order valence-electron chi connectivity index (χ2n) is 4.80. The van der Waals surface area contributed by atoms with Gasteiger partial charge in [-0.3, -0.25) is 0 Å². The zero-order chi connectivity index (χ0) is 11.8. The van der Waals surface area contributed by atoms with Crippen LogP contribution in [0.4, 0.5) is 0 Å². The molecule has 0 spiro atoms. The molecule has 1 aromatic rings. The molecule has 0 aromatic heterocycles. The lowest BCUT2D eigenvalue weighted by atomic mass is 9.73. The quantitative estimate of drug-likeness (QED) is 0.715. The first-order chi connectivity index (χ1) is 7.63. The Morgan fingerprint density at radius 2 is 1.94 bits per heavy atom. The van der Waals surface area contributed by atoms with Gasteiger partial charge in [0.1, 0.15) is 5.92 Å². The SMILES string of the molecule is CC1CC(C)(C(C#N)C#N)c2ccccc21. The minimum absolute atomic E-state index is 0.306. The van der Waals surface area contributed by atoms with Gasteiger partial charge in [-0.1, -0.05) is 38.1 Å². The predicted octanol–water partition coefficient (Wildman–Crippen LogP) is 3.11. The minimum atomic E-state index is -0.557. The largest absolute Gasteiger partial charge is 0.197 e. The zero-order valence-electron chi connectivity index (χ0n) is 9.57. The van der Waals surface area contributed by atoms with Gasteiger partial charge >= 0.3 is 0 Å². The molecule has 0 bridgehead atoms. The Morgan fingerprint density at radius 1 is 1.31 bits per heavy atom. The maximum atomic E-state index is 9.09. The zero-order valence-corrected chi connectivity index (χ0v) is 9.57. The van der Waals surface area contributed by atoms with Crippen LogP contribution in [-0.2, 0) is 5.41 Å². The fourth-order valence-electron chi connectivity index (χ4n) is 2.89. The van der Waals surface area contributed by atoms with Gasteiger partial charge < -0.3 is 0 Å². The van der Waals surface area contributed by atoms with Crippen molar-refractivity contribution in [3.63, 3.8) is 0 Å². The van der Waals surface area contributed by atoms with Crippen molar-refractivity contribution >= 4 is 0 Å². The summed E-state index contributed by atoms with van der Waals surface area (Å²) in [6.45, 7) is 4.20. The van der Waals surface area contributed by atoms with Gasteiger partial charge in [-0.05, 0) is 23.5 Å². The third kappa shape index (κ3) is 1.31. The highest BCUT2D eigenvalue weighted by molar-refractivity contribution is 5.44. The Bertz CT molecular complexity index is 478. The van der Waals surface area contributed by atoms with E-state index in [-0.39, 0.29) is 5.41 Å². The van der Waals surface area contributed by atoms with Gasteiger partial charge in [0.05, 0.1) is 12.1 Å². The Morgan fingerprint density at radius 3 is 2.56 bits per heavy atom. The molecule has 0 N–H and O–H groups in total. The van der Waals surface area contributed by atoms with Gasteiger partial charge in [0.25, 0.3) is 0 Å². The van der Waals surface area contributed by atoms with Crippen LogP contribution >= 0.6 is 0 Å². The molecule has 2 nitrogen and oxygen atoms in total. The molecule has 1 aromatic carbocycles. The number of nitriles is 2. The molecule has 2 atom stereocenters. The molecule has 1 aliphatic carbocycles. The highest BCUT2D eigenvalue weighted by atomic mass is 14.5. The van der Waals surface area contributed by atoms with E-state index >= 15 is 0 Å². The maximum Gasteiger partial charge on any atom is 0.142 e. The summed E-state index contributed by atoms with van der Waals surface area (Å²) >= 11 is 0. The molecule has 2 unspecified atom stereocenters. The molecule has 16 heavy (non-hydrogen) atoms. The molecule has 0 saturated heterocycles. The van der Waals surface area contributed by atoms with Crippen molar-refractivity contribution in [3.8, 4) is 12.1 Å². The van der Waals surface area contributed by atoms with Gasteiger partial charge in [-0.15, -0.1) is 0 Å². The van der Waals surface area contributed by atoms with Crippen LogP contribution in [0, 0.1) is 28.6 Å². The molecule has 2 heteroatoms. The molecule has 0 fully saturated rings. The molecule has 0 saturated carbocycles. The third-order valence-corrected chi connectivity index (χ3v) is 3.73. The minimum Gasteiger partial charge on any atom is -0.197 e. The molecular formula is C14H14N2.